The Hall–Kier alpha value is -2.36. The highest BCUT2D eigenvalue weighted by Gasteiger charge is 2.56. The van der Waals surface area contributed by atoms with Crippen molar-refractivity contribution in [1.29, 1.82) is 0 Å². The van der Waals surface area contributed by atoms with E-state index in [2.05, 4.69) is 43.3 Å². The van der Waals surface area contributed by atoms with Gasteiger partial charge in [-0.05, 0) is 54.9 Å². The average molecular weight is 447 g/mol. The number of unbranched alkanes of at least 4 members (excludes halogenated alkanes) is 3. The smallest absolute Gasteiger partial charge is 0.188 e. The third-order valence-corrected chi connectivity index (χ3v) is 7.68. The number of rotatable bonds is 11. The highest BCUT2D eigenvalue weighted by Crippen LogP contribution is 2.66. The Morgan fingerprint density at radius 3 is 2.58 bits per heavy atom. The first-order valence-corrected chi connectivity index (χ1v) is 12.5. The first-order chi connectivity index (χ1) is 16.1. The van der Waals surface area contributed by atoms with Crippen molar-refractivity contribution in [2.24, 2.45) is 11.3 Å². The van der Waals surface area contributed by atoms with E-state index in [0.717, 1.165) is 42.6 Å². The van der Waals surface area contributed by atoms with E-state index in [-0.39, 0.29) is 24.2 Å². The number of benzene rings is 2. The normalized spacial score (nSPS) is 24.2. The molecule has 33 heavy (non-hydrogen) atoms. The predicted molar refractivity (Wildman–Crippen MR) is 136 cm³/mol. The lowest BCUT2D eigenvalue weighted by atomic mass is 9.66. The first kappa shape index (κ1) is 23.8. The van der Waals surface area contributed by atoms with Gasteiger partial charge in [-0.3, -0.25) is 0 Å². The minimum atomic E-state index is -0.305. The van der Waals surface area contributed by atoms with Gasteiger partial charge >= 0.3 is 0 Å². The van der Waals surface area contributed by atoms with Gasteiger partial charge in [-0.15, -0.1) is 0 Å². The molecule has 4 rings (SSSR count). The Labute approximate surface area is 199 Å². The van der Waals surface area contributed by atoms with Gasteiger partial charge in [0.25, 0.3) is 0 Å². The Morgan fingerprint density at radius 1 is 1.06 bits per heavy atom. The molecular formula is C30H38O3. The molecule has 2 aliphatic carbocycles. The van der Waals surface area contributed by atoms with Gasteiger partial charge in [-0.1, -0.05) is 86.9 Å². The van der Waals surface area contributed by atoms with Crippen LogP contribution in [-0.4, -0.2) is 25.1 Å². The molecule has 0 saturated heterocycles. The third kappa shape index (κ3) is 4.54. The van der Waals surface area contributed by atoms with Gasteiger partial charge < -0.3 is 14.6 Å². The topological polar surface area (TPSA) is 38.7 Å². The molecule has 2 aromatic carbocycles. The molecular weight excluding hydrogens is 408 g/mol. The van der Waals surface area contributed by atoms with E-state index in [1.165, 1.54) is 42.4 Å². The van der Waals surface area contributed by atoms with Crippen LogP contribution in [0.25, 0.3) is 11.1 Å². The predicted octanol–water partition coefficient (Wildman–Crippen LogP) is 7.27. The van der Waals surface area contributed by atoms with Crippen LogP contribution in [0.15, 0.2) is 66.7 Å². The molecule has 0 aliphatic heterocycles. The molecule has 3 heteroatoms. The quantitative estimate of drug-likeness (QED) is 0.291. The van der Waals surface area contributed by atoms with Crippen molar-refractivity contribution in [2.75, 3.05) is 13.9 Å². The van der Waals surface area contributed by atoms with Crippen LogP contribution in [0.3, 0.4) is 0 Å². The van der Waals surface area contributed by atoms with Gasteiger partial charge in [0.05, 0.1) is 6.10 Å². The number of methoxy groups -OCH3 is 1. The fraction of sp³-hybridized carbons (Fsp3) is 0.467. The van der Waals surface area contributed by atoms with E-state index >= 15 is 0 Å². The molecule has 2 aromatic rings. The van der Waals surface area contributed by atoms with E-state index in [1.54, 1.807) is 7.11 Å². The maximum Gasteiger partial charge on any atom is 0.188 e. The SMILES string of the molecule is C=C(c1ccccc1OCOC)C12CCC(O)C1CC(CCCCCC)=C2c1ccccc1. The minimum Gasteiger partial charge on any atom is -0.467 e. The third-order valence-electron chi connectivity index (χ3n) is 7.68. The molecule has 176 valence electrons. The molecule has 0 aromatic heterocycles. The second-order valence-electron chi connectivity index (χ2n) is 9.57. The summed E-state index contributed by atoms with van der Waals surface area (Å²) in [6.45, 7) is 7.16. The van der Waals surface area contributed by atoms with E-state index in [9.17, 15) is 5.11 Å². The number of hydrogen-bond donors (Lipinski definition) is 1. The Bertz CT molecular complexity index is 977. The van der Waals surface area contributed by atoms with Crippen molar-refractivity contribution in [3.05, 3.63) is 77.9 Å². The summed E-state index contributed by atoms with van der Waals surface area (Å²) < 4.78 is 11.1. The molecule has 0 spiro atoms. The molecule has 3 nitrogen and oxygen atoms in total. The van der Waals surface area contributed by atoms with Crippen LogP contribution in [0.2, 0.25) is 0 Å². The summed E-state index contributed by atoms with van der Waals surface area (Å²) in [6, 6.07) is 18.9. The minimum absolute atomic E-state index is 0.164. The monoisotopic (exact) mass is 446 g/mol. The Kier molecular flexibility index (Phi) is 7.72. The fourth-order valence-electron chi connectivity index (χ4n) is 6.18. The average Bonchev–Trinajstić information content (AvgIpc) is 3.35. The number of allylic oxidation sites excluding steroid dienone is 3. The van der Waals surface area contributed by atoms with E-state index in [4.69, 9.17) is 16.1 Å². The summed E-state index contributed by atoms with van der Waals surface area (Å²) in [7, 11) is 1.64. The van der Waals surface area contributed by atoms with Crippen LogP contribution >= 0.6 is 0 Å². The number of para-hydroxylation sites is 1. The molecule has 3 atom stereocenters. The van der Waals surface area contributed by atoms with Crippen LogP contribution < -0.4 is 4.74 Å². The van der Waals surface area contributed by atoms with Crippen molar-refractivity contribution in [2.45, 2.75) is 64.4 Å². The largest absolute Gasteiger partial charge is 0.467 e. The van der Waals surface area contributed by atoms with Gasteiger partial charge in [0.2, 0.25) is 0 Å². The van der Waals surface area contributed by atoms with Gasteiger partial charge in [0.1, 0.15) is 5.75 Å². The standard InChI is InChI=1S/C30H38O3/c1-4-5-6-8-15-24-20-26-27(31)18-19-30(26,29(24)23-13-9-7-10-14-23)22(2)25-16-11-12-17-28(25)33-21-32-3/h7,9-14,16-17,26-27,31H,2,4-6,8,15,18-21H2,1,3H3. The molecule has 1 N–H and O–H groups in total. The molecule has 0 heterocycles. The van der Waals surface area contributed by atoms with Crippen LogP contribution in [0.1, 0.15) is 69.4 Å². The van der Waals surface area contributed by atoms with Crippen LogP contribution in [0.5, 0.6) is 5.75 Å². The van der Waals surface area contributed by atoms with Gasteiger partial charge in [0.15, 0.2) is 6.79 Å². The number of aliphatic hydroxyl groups is 1. The van der Waals surface area contributed by atoms with Crippen LogP contribution in [0, 0.1) is 11.3 Å². The second kappa shape index (κ2) is 10.7. The summed E-state index contributed by atoms with van der Waals surface area (Å²) in [6.07, 6.45) is 8.47. The van der Waals surface area contributed by atoms with E-state index in [1.807, 2.05) is 18.2 Å². The van der Waals surface area contributed by atoms with Gasteiger partial charge in [-0.2, -0.15) is 0 Å². The summed E-state index contributed by atoms with van der Waals surface area (Å²) in [4.78, 5) is 0. The summed E-state index contributed by atoms with van der Waals surface area (Å²) in [5.74, 6) is 0.958. The molecule has 2 aliphatic rings. The molecule has 1 saturated carbocycles. The molecule has 3 unspecified atom stereocenters. The Balaban J connectivity index is 1.80. The molecule has 0 radical (unpaired) electrons. The maximum absolute atomic E-state index is 11.1. The zero-order valence-corrected chi connectivity index (χ0v) is 20.2. The number of fused-ring (bicyclic) bond motifs is 1. The maximum atomic E-state index is 11.1. The lowest BCUT2D eigenvalue weighted by Gasteiger charge is -2.37. The summed E-state index contributed by atoms with van der Waals surface area (Å²) >= 11 is 0. The van der Waals surface area contributed by atoms with Crippen LogP contribution in [0.4, 0.5) is 0 Å². The number of ether oxygens (including phenoxy) is 2. The Morgan fingerprint density at radius 2 is 1.82 bits per heavy atom. The fourth-order valence-corrected chi connectivity index (χ4v) is 6.18. The number of hydrogen-bond acceptors (Lipinski definition) is 3. The van der Waals surface area contributed by atoms with E-state index in [0.29, 0.717) is 0 Å². The molecule has 1 fully saturated rings. The zero-order valence-electron chi connectivity index (χ0n) is 20.2. The second-order valence-corrected chi connectivity index (χ2v) is 9.57. The molecule has 0 amide bonds. The summed E-state index contributed by atoms with van der Waals surface area (Å²) in [5.41, 5.74) is 6.02. The highest BCUT2D eigenvalue weighted by molar-refractivity contribution is 5.91. The van der Waals surface area contributed by atoms with Crippen molar-refractivity contribution in [3.63, 3.8) is 0 Å². The van der Waals surface area contributed by atoms with Crippen LogP contribution in [-0.2, 0) is 4.74 Å². The number of aliphatic hydroxyl groups excluding tert-OH is 1. The lowest BCUT2D eigenvalue weighted by molar-refractivity contribution is 0.0508. The first-order valence-electron chi connectivity index (χ1n) is 12.5. The lowest BCUT2D eigenvalue weighted by Crippen LogP contribution is -2.29. The molecule has 0 bridgehead atoms. The van der Waals surface area contributed by atoms with E-state index < -0.39 is 0 Å². The summed E-state index contributed by atoms with van der Waals surface area (Å²) in [5, 5.41) is 11.1. The highest BCUT2D eigenvalue weighted by atomic mass is 16.7. The zero-order chi connectivity index (χ0) is 23.3. The van der Waals surface area contributed by atoms with Crippen molar-refractivity contribution < 1.29 is 14.6 Å². The van der Waals surface area contributed by atoms with Gasteiger partial charge in [-0.25, -0.2) is 0 Å². The van der Waals surface area contributed by atoms with Crippen molar-refractivity contribution in [3.8, 4) is 5.75 Å². The van der Waals surface area contributed by atoms with Gasteiger partial charge in [0, 0.05) is 24.0 Å². The van der Waals surface area contributed by atoms with Crippen molar-refractivity contribution in [1.82, 2.24) is 0 Å². The van der Waals surface area contributed by atoms with Crippen molar-refractivity contribution >= 4 is 11.1 Å².